The van der Waals surface area contributed by atoms with Gasteiger partial charge in [-0.2, -0.15) is 0 Å². The zero-order valence-corrected chi connectivity index (χ0v) is 46.1. The molecule has 402 valence electrons. The van der Waals surface area contributed by atoms with E-state index in [2.05, 4.69) is 115 Å². The summed E-state index contributed by atoms with van der Waals surface area (Å²) in [5, 5.41) is 7.57. The highest BCUT2D eigenvalue weighted by Gasteiger charge is 2.40. The molecular formula is C69H52N4O9. The van der Waals surface area contributed by atoms with Crippen LogP contribution in [-0.4, -0.2) is 80.9 Å². The minimum absolute atomic E-state index is 0.152. The number of benzene rings is 10. The van der Waals surface area contributed by atoms with E-state index in [1.54, 1.807) is 56.9 Å². The average molecular weight is 1080 g/mol. The van der Waals surface area contributed by atoms with Gasteiger partial charge in [0, 0.05) is 54.2 Å². The Labute approximate surface area is 469 Å². The predicted octanol–water partition coefficient (Wildman–Crippen LogP) is 15.4. The van der Waals surface area contributed by atoms with Crippen molar-refractivity contribution in [1.29, 1.82) is 0 Å². The van der Waals surface area contributed by atoms with Gasteiger partial charge >= 0.3 is 0 Å². The quantitative estimate of drug-likeness (QED) is 0.118. The number of methoxy groups -OCH3 is 8. The summed E-state index contributed by atoms with van der Waals surface area (Å²) in [7, 11) is 13.4. The van der Waals surface area contributed by atoms with Gasteiger partial charge in [-0.05, 0) is 170 Å². The van der Waals surface area contributed by atoms with E-state index in [0.717, 1.165) is 110 Å². The fourth-order valence-electron chi connectivity index (χ4n) is 13.0. The van der Waals surface area contributed by atoms with E-state index in [4.69, 9.17) is 37.9 Å². The average Bonchev–Trinajstić information content (AvgIpc) is 3.86. The molecule has 0 radical (unpaired) electrons. The first kappa shape index (κ1) is 48.6. The number of hydrogen-bond donors (Lipinski definition) is 0. The smallest absolute Gasteiger partial charge is 0.198 e. The Balaban J connectivity index is 1.16. The van der Waals surface area contributed by atoms with Crippen molar-refractivity contribution in [3.63, 3.8) is 0 Å². The number of fused-ring (bicyclic) bond motifs is 15. The Morgan fingerprint density at radius 1 is 0.220 bits per heavy atom. The highest BCUT2D eigenvalue weighted by Crippen LogP contribution is 2.54. The van der Waals surface area contributed by atoms with Gasteiger partial charge in [-0.3, -0.25) is 4.79 Å². The van der Waals surface area contributed by atoms with Crippen LogP contribution in [0.15, 0.2) is 170 Å². The molecule has 13 nitrogen and oxygen atoms in total. The van der Waals surface area contributed by atoms with Crippen molar-refractivity contribution < 1.29 is 42.7 Å². The van der Waals surface area contributed by atoms with Crippen molar-refractivity contribution in [1.82, 2.24) is 18.3 Å². The molecule has 14 aromatic rings. The maximum Gasteiger partial charge on any atom is 0.198 e. The Hall–Kier alpha value is -10.5. The molecule has 0 amide bonds. The molecular weight excluding hydrogens is 1030 g/mol. The van der Waals surface area contributed by atoms with Gasteiger partial charge in [0.05, 0.1) is 135 Å². The van der Waals surface area contributed by atoms with E-state index >= 15 is 4.79 Å². The molecule has 0 bridgehead atoms. The van der Waals surface area contributed by atoms with Crippen LogP contribution in [0.5, 0.6) is 46.0 Å². The number of carbonyl (C=O) groups is 1. The SMILES string of the molecule is COc1ccc2c(c1)c1cc(OC)ccc1n2-c1ccc(-n2c3ccc(OC)cc3c3cc(OC)ccc32)c2c1C(=O)c1c(-n3c4ccc(OC)cc4c4cc(OC)ccc43)ccc(-n3c4ccc(OC)cc4c4cc(OC)ccc43)c1-2. The second-order valence-electron chi connectivity index (χ2n) is 20.4. The summed E-state index contributed by atoms with van der Waals surface area (Å²) in [4.78, 5) is 17.3. The monoisotopic (exact) mass is 1080 g/mol. The number of ketones is 1. The lowest BCUT2D eigenvalue weighted by molar-refractivity contribution is 0.104. The summed E-state index contributed by atoms with van der Waals surface area (Å²) in [5.41, 5.74) is 12.7. The number of carbonyl (C=O) groups excluding carboxylic acids is 1. The normalized spacial score (nSPS) is 12.2. The molecule has 4 aromatic heterocycles. The van der Waals surface area contributed by atoms with Crippen molar-refractivity contribution in [2.45, 2.75) is 0 Å². The van der Waals surface area contributed by atoms with E-state index in [0.29, 0.717) is 68.5 Å². The van der Waals surface area contributed by atoms with Gasteiger partial charge in [-0.1, -0.05) is 0 Å². The molecule has 1 aliphatic carbocycles. The molecule has 13 heteroatoms. The maximum absolute atomic E-state index is 17.3. The fraction of sp³-hybridized carbons (Fsp3) is 0.116. The fourth-order valence-corrected chi connectivity index (χ4v) is 13.0. The molecule has 4 heterocycles. The third-order valence-corrected chi connectivity index (χ3v) is 16.7. The molecule has 0 saturated carbocycles. The van der Waals surface area contributed by atoms with E-state index in [1.807, 2.05) is 72.8 Å². The van der Waals surface area contributed by atoms with Gasteiger partial charge in [0.25, 0.3) is 0 Å². The molecule has 0 spiro atoms. The first-order valence-electron chi connectivity index (χ1n) is 26.8. The largest absolute Gasteiger partial charge is 0.497 e. The maximum atomic E-state index is 17.3. The van der Waals surface area contributed by atoms with E-state index in [1.165, 1.54) is 0 Å². The Morgan fingerprint density at radius 2 is 0.378 bits per heavy atom. The molecule has 0 fully saturated rings. The number of rotatable bonds is 12. The minimum Gasteiger partial charge on any atom is -0.497 e. The van der Waals surface area contributed by atoms with Gasteiger partial charge in [0.2, 0.25) is 0 Å². The first-order valence-corrected chi connectivity index (χ1v) is 26.8. The van der Waals surface area contributed by atoms with E-state index in [9.17, 15) is 0 Å². The lowest BCUT2D eigenvalue weighted by Gasteiger charge is -2.21. The molecule has 10 aromatic carbocycles. The van der Waals surface area contributed by atoms with Crippen LogP contribution in [0.3, 0.4) is 0 Å². The molecule has 0 atom stereocenters. The van der Waals surface area contributed by atoms with E-state index in [-0.39, 0.29) is 5.78 Å². The van der Waals surface area contributed by atoms with Crippen LogP contribution in [-0.2, 0) is 0 Å². The third-order valence-electron chi connectivity index (χ3n) is 16.7. The van der Waals surface area contributed by atoms with Gasteiger partial charge < -0.3 is 56.2 Å². The molecule has 0 N–H and O–H groups in total. The van der Waals surface area contributed by atoms with Gasteiger partial charge in [-0.25, -0.2) is 0 Å². The van der Waals surface area contributed by atoms with E-state index < -0.39 is 0 Å². The summed E-state index contributed by atoms with van der Waals surface area (Å²) in [6.45, 7) is 0. The summed E-state index contributed by atoms with van der Waals surface area (Å²) in [5.74, 6) is 5.51. The van der Waals surface area contributed by atoms with Crippen LogP contribution in [0.25, 0.3) is 121 Å². The Bertz CT molecular complexity index is 4520. The van der Waals surface area contributed by atoms with Crippen molar-refractivity contribution in [2.24, 2.45) is 0 Å². The second kappa shape index (κ2) is 18.3. The summed E-state index contributed by atoms with van der Waals surface area (Å²) in [6, 6.07) is 57.5. The molecule has 0 saturated heterocycles. The van der Waals surface area contributed by atoms with Crippen LogP contribution in [0, 0.1) is 0 Å². The van der Waals surface area contributed by atoms with Crippen LogP contribution >= 0.6 is 0 Å². The van der Waals surface area contributed by atoms with Gasteiger partial charge in [-0.15, -0.1) is 0 Å². The first-order chi connectivity index (χ1) is 40.2. The topological polar surface area (TPSA) is 111 Å². The lowest BCUT2D eigenvalue weighted by Crippen LogP contribution is -2.09. The third kappa shape index (κ3) is 6.76. The number of ether oxygens (including phenoxy) is 8. The van der Waals surface area contributed by atoms with Gasteiger partial charge in [0.15, 0.2) is 5.78 Å². The standard InChI is InChI=1S/C69H52N4O9/c1-75-37-9-17-53-45(29-37)46-30-38(76-2)10-18-54(46)70(53)61-25-27-63(72-57-21-13-41(79-5)33-49(57)50-34-42(80-6)14-22-58(50)72)67-65(61)66-62(71-55-19-11-39(77-3)31-47(55)48-32-40(78-4)12-20-56(48)71)26-28-64(68(66)69(67)74)73-59-23-15-43(81-7)35-51(59)52-36-44(82-8)16-24-60(52)73/h9-36H,1-8H3. The number of aromatic nitrogens is 4. The van der Waals surface area contributed by atoms with Crippen LogP contribution < -0.4 is 37.9 Å². The highest BCUT2D eigenvalue weighted by molar-refractivity contribution is 6.30. The van der Waals surface area contributed by atoms with Crippen LogP contribution in [0.1, 0.15) is 15.9 Å². The van der Waals surface area contributed by atoms with Crippen molar-refractivity contribution in [3.8, 4) is 79.9 Å². The van der Waals surface area contributed by atoms with Gasteiger partial charge in [0.1, 0.15) is 46.0 Å². The Morgan fingerprint density at radius 3 is 0.537 bits per heavy atom. The van der Waals surface area contributed by atoms with Crippen LogP contribution in [0.2, 0.25) is 0 Å². The molecule has 0 unspecified atom stereocenters. The molecule has 1 aliphatic rings. The lowest BCUT2D eigenvalue weighted by atomic mass is 9.98. The minimum atomic E-state index is -0.152. The van der Waals surface area contributed by atoms with Crippen LogP contribution in [0.4, 0.5) is 0 Å². The Kier molecular flexibility index (Phi) is 10.8. The highest BCUT2D eigenvalue weighted by atomic mass is 16.5. The second-order valence-corrected chi connectivity index (χ2v) is 20.4. The molecule has 82 heavy (non-hydrogen) atoms. The van der Waals surface area contributed by atoms with Crippen molar-refractivity contribution >= 4 is 93.0 Å². The molecule has 15 rings (SSSR count). The molecule has 0 aliphatic heterocycles. The van der Waals surface area contributed by atoms with Crippen molar-refractivity contribution in [2.75, 3.05) is 56.9 Å². The number of nitrogens with zero attached hydrogens (tertiary/aromatic N) is 4. The predicted molar refractivity (Wildman–Crippen MR) is 325 cm³/mol. The zero-order valence-electron chi connectivity index (χ0n) is 46.1. The zero-order chi connectivity index (χ0) is 55.8. The summed E-state index contributed by atoms with van der Waals surface area (Å²) < 4.78 is 56.0. The summed E-state index contributed by atoms with van der Waals surface area (Å²) >= 11 is 0. The number of hydrogen-bond acceptors (Lipinski definition) is 9. The summed E-state index contributed by atoms with van der Waals surface area (Å²) in [6.07, 6.45) is 0. The van der Waals surface area contributed by atoms with Crippen molar-refractivity contribution in [3.05, 3.63) is 181 Å².